The summed E-state index contributed by atoms with van der Waals surface area (Å²) in [6, 6.07) is 2.44. The van der Waals surface area contributed by atoms with Gasteiger partial charge in [0.25, 0.3) is 5.91 Å². The van der Waals surface area contributed by atoms with E-state index in [0.29, 0.717) is 35.8 Å². The largest absolute Gasteiger partial charge is 0.493 e. The van der Waals surface area contributed by atoms with E-state index >= 15 is 0 Å². The standard InChI is InChI=1S/C14H17NO6/c1-18-10-6-8(7-11(19-2)12(10)20-3)13(16)15-9-4-5-21-14(9)17/h6-7,9H,4-5H2,1-3H3,(H,15,16)/t9-/m1/s1. The summed E-state index contributed by atoms with van der Waals surface area (Å²) >= 11 is 0. The summed E-state index contributed by atoms with van der Waals surface area (Å²) in [5.74, 6) is 0.317. The van der Waals surface area contributed by atoms with Crippen LogP contribution >= 0.6 is 0 Å². The number of hydrogen-bond donors (Lipinski definition) is 1. The zero-order valence-corrected chi connectivity index (χ0v) is 12.1. The predicted molar refractivity (Wildman–Crippen MR) is 72.9 cm³/mol. The zero-order chi connectivity index (χ0) is 15.4. The average Bonchev–Trinajstić information content (AvgIpc) is 2.90. The molecule has 0 unspecified atom stereocenters. The second-order valence-corrected chi connectivity index (χ2v) is 4.40. The molecule has 0 bridgehead atoms. The lowest BCUT2D eigenvalue weighted by atomic mass is 10.1. The average molecular weight is 295 g/mol. The summed E-state index contributed by atoms with van der Waals surface area (Å²) in [6.07, 6.45) is 0.467. The third-order valence-electron chi connectivity index (χ3n) is 3.17. The minimum atomic E-state index is -0.614. The van der Waals surface area contributed by atoms with Crippen molar-refractivity contribution < 1.29 is 28.5 Å². The Bertz CT molecular complexity index is 531. The molecule has 114 valence electrons. The number of ether oxygens (including phenoxy) is 4. The van der Waals surface area contributed by atoms with Crippen molar-refractivity contribution in [3.63, 3.8) is 0 Å². The molecule has 7 heteroatoms. The second kappa shape index (κ2) is 6.34. The van der Waals surface area contributed by atoms with Crippen LogP contribution in [0.4, 0.5) is 0 Å². The van der Waals surface area contributed by atoms with Gasteiger partial charge in [0, 0.05) is 12.0 Å². The summed E-state index contributed by atoms with van der Waals surface area (Å²) in [6.45, 7) is 0.318. The monoisotopic (exact) mass is 295 g/mol. The number of carbonyl (C=O) groups is 2. The Hall–Kier alpha value is -2.44. The van der Waals surface area contributed by atoms with Gasteiger partial charge in [-0.25, -0.2) is 4.79 Å². The molecule has 1 heterocycles. The molecule has 2 rings (SSSR count). The number of carbonyl (C=O) groups excluding carboxylic acids is 2. The molecule has 1 fully saturated rings. The number of amides is 1. The molecule has 7 nitrogen and oxygen atoms in total. The molecule has 0 aromatic heterocycles. The molecule has 0 radical (unpaired) electrons. The molecular weight excluding hydrogens is 278 g/mol. The first-order valence-electron chi connectivity index (χ1n) is 6.38. The number of esters is 1. The minimum absolute atomic E-state index is 0.309. The third kappa shape index (κ3) is 3.01. The maximum Gasteiger partial charge on any atom is 0.328 e. The summed E-state index contributed by atoms with van der Waals surface area (Å²) < 4.78 is 20.4. The quantitative estimate of drug-likeness (QED) is 0.807. The van der Waals surface area contributed by atoms with Crippen molar-refractivity contribution in [2.45, 2.75) is 12.5 Å². The molecule has 0 saturated carbocycles. The topological polar surface area (TPSA) is 83.1 Å². The number of methoxy groups -OCH3 is 3. The fourth-order valence-corrected chi connectivity index (χ4v) is 2.08. The Labute approximate surface area is 122 Å². The lowest BCUT2D eigenvalue weighted by Crippen LogP contribution is -2.37. The van der Waals surface area contributed by atoms with Gasteiger partial charge in [0.05, 0.1) is 27.9 Å². The third-order valence-corrected chi connectivity index (χ3v) is 3.17. The molecule has 1 aliphatic heterocycles. The summed E-state index contributed by atoms with van der Waals surface area (Å²) in [7, 11) is 4.41. The van der Waals surface area contributed by atoms with Crippen LogP contribution in [0.25, 0.3) is 0 Å². The summed E-state index contributed by atoms with van der Waals surface area (Å²) in [5, 5.41) is 2.62. The Morgan fingerprint density at radius 2 is 1.81 bits per heavy atom. The highest BCUT2D eigenvalue weighted by atomic mass is 16.5. The van der Waals surface area contributed by atoms with Crippen LogP contribution in [-0.2, 0) is 9.53 Å². The fraction of sp³-hybridized carbons (Fsp3) is 0.429. The highest BCUT2D eigenvalue weighted by Gasteiger charge is 2.29. The second-order valence-electron chi connectivity index (χ2n) is 4.40. The Morgan fingerprint density at radius 1 is 1.19 bits per heavy atom. The van der Waals surface area contributed by atoms with Crippen molar-refractivity contribution in [1.29, 1.82) is 0 Å². The van der Waals surface area contributed by atoms with Crippen molar-refractivity contribution in [2.75, 3.05) is 27.9 Å². The Balaban J connectivity index is 2.26. The lowest BCUT2D eigenvalue weighted by molar-refractivity contribution is -0.139. The molecule has 1 N–H and O–H groups in total. The molecule has 1 amide bonds. The normalized spacial score (nSPS) is 17.1. The number of hydrogen-bond acceptors (Lipinski definition) is 6. The van der Waals surface area contributed by atoms with Crippen LogP contribution in [0.3, 0.4) is 0 Å². The smallest absolute Gasteiger partial charge is 0.328 e. The summed E-state index contributed by atoms with van der Waals surface area (Å²) in [4.78, 5) is 23.6. The van der Waals surface area contributed by atoms with Gasteiger partial charge < -0.3 is 24.3 Å². The van der Waals surface area contributed by atoms with Gasteiger partial charge in [-0.3, -0.25) is 4.79 Å². The molecule has 1 aromatic rings. The van der Waals surface area contributed by atoms with Gasteiger partial charge in [0.2, 0.25) is 5.75 Å². The van der Waals surface area contributed by atoms with Crippen molar-refractivity contribution in [2.24, 2.45) is 0 Å². The fourth-order valence-electron chi connectivity index (χ4n) is 2.08. The van der Waals surface area contributed by atoms with Crippen LogP contribution in [0.1, 0.15) is 16.8 Å². The number of rotatable bonds is 5. The predicted octanol–water partition coefficient (Wildman–Crippen LogP) is 0.758. The molecule has 1 aromatic carbocycles. The van der Waals surface area contributed by atoms with Gasteiger partial charge in [0.1, 0.15) is 6.04 Å². The van der Waals surface area contributed by atoms with E-state index in [1.54, 1.807) is 0 Å². The van der Waals surface area contributed by atoms with Crippen LogP contribution < -0.4 is 19.5 Å². The van der Waals surface area contributed by atoms with Gasteiger partial charge in [-0.15, -0.1) is 0 Å². The van der Waals surface area contributed by atoms with Crippen LogP contribution in [0.5, 0.6) is 17.2 Å². The van der Waals surface area contributed by atoms with E-state index in [4.69, 9.17) is 18.9 Å². The van der Waals surface area contributed by atoms with E-state index in [1.807, 2.05) is 0 Å². The van der Waals surface area contributed by atoms with Gasteiger partial charge in [0.15, 0.2) is 11.5 Å². The van der Waals surface area contributed by atoms with Gasteiger partial charge >= 0.3 is 5.97 Å². The molecule has 0 aliphatic carbocycles. The zero-order valence-electron chi connectivity index (χ0n) is 12.1. The van der Waals surface area contributed by atoms with Crippen LogP contribution in [0.2, 0.25) is 0 Å². The molecule has 0 spiro atoms. The molecule has 1 saturated heterocycles. The SMILES string of the molecule is COc1cc(C(=O)N[C@@H]2CCOC2=O)cc(OC)c1OC. The van der Waals surface area contributed by atoms with Crippen LogP contribution in [0.15, 0.2) is 12.1 Å². The first-order chi connectivity index (χ1) is 10.1. The lowest BCUT2D eigenvalue weighted by Gasteiger charge is -2.15. The van der Waals surface area contributed by atoms with E-state index < -0.39 is 17.9 Å². The molecule has 21 heavy (non-hydrogen) atoms. The van der Waals surface area contributed by atoms with E-state index in [9.17, 15) is 9.59 Å². The maximum atomic E-state index is 12.2. The number of cyclic esters (lactones) is 1. The van der Waals surface area contributed by atoms with Gasteiger partial charge in [-0.1, -0.05) is 0 Å². The number of benzene rings is 1. The summed E-state index contributed by atoms with van der Waals surface area (Å²) in [5.41, 5.74) is 0.309. The molecule has 1 atom stereocenters. The highest BCUT2D eigenvalue weighted by molar-refractivity contribution is 5.98. The van der Waals surface area contributed by atoms with Crippen LogP contribution in [-0.4, -0.2) is 45.9 Å². The Kier molecular flexibility index (Phi) is 4.52. The van der Waals surface area contributed by atoms with Crippen LogP contribution in [0, 0.1) is 0 Å². The van der Waals surface area contributed by atoms with E-state index in [2.05, 4.69) is 5.32 Å². The molecular formula is C14H17NO6. The minimum Gasteiger partial charge on any atom is -0.493 e. The molecule has 1 aliphatic rings. The van der Waals surface area contributed by atoms with Gasteiger partial charge in [-0.05, 0) is 12.1 Å². The van der Waals surface area contributed by atoms with E-state index in [1.165, 1.54) is 33.5 Å². The Morgan fingerprint density at radius 3 is 2.24 bits per heavy atom. The first kappa shape index (κ1) is 15.0. The van der Waals surface area contributed by atoms with Crippen molar-refractivity contribution >= 4 is 11.9 Å². The number of nitrogens with one attached hydrogen (secondary N) is 1. The van der Waals surface area contributed by atoms with Gasteiger partial charge in [-0.2, -0.15) is 0 Å². The first-order valence-corrected chi connectivity index (χ1v) is 6.38. The highest BCUT2D eigenvalue weighted by Crippen LogP contribution is 2.38. The van der Waals surface area contributed by atoms with Crippen molar-refractivity contribution in [1.82, 2.24) is 5.32 Å². The van der Waals surface area contributed by atoms with Crippen molar-refractivity contribution in [3.05, 3.63) is 17.7 Å². The van der Waals surface area contributed by atoms with E-state index in [0.717, 1.165) is 0 Å². The van der Waals surface area contributed by atoms with E-state index in [-0.39, 0.29) is 0 Å². The van der Waals surface area contributed by atoms with Crippen molar-refractivity contribution in [3.8, 4) is 17.2 Å². The maximum absolute atomic E-state index is 12.2.